The van der Waals surface area contributed by atoms with E-state index in [1.165, 1.54) is 5.01 Å². The van der Waals surface area contributed by atoms with Crippen LogP contribution in [0.25, 0.3) is 11.1 Å². The minimum atomic E-state index is -0.733. The van der Waals surface area contributed by atoms with Gasteiger partial charge in [0.25, 0.3) is 11.8 Å². The zero-order chi connectivity index (χ0) is 19.1. The molecule has 5 nitrogen and oxygen atoms in total. The molecule has 0 radical (unpaired) electrons. The monoisotopic (exact) mass is 387 g/mol. The maximum atomic E-state index is 13.1. The highest BCUT2D eigenvalue weighted by Crippen LogP contribution is 2.40. The molecule has 27 heavy (non-hydrogen) atoms. The van der Waals surface area contributed by atoms with Crippen molar-refractivity contribution in [3.63, 3.8) is 0 Å². The predicted molar refractivity (Wildman–Crippen MR) is 111 cm³/mol. The third-order valence-electron chi connectivity index (χ3n) is 4.89. The number of rotatable bonds is 2. The van der Waals surface area contributed by atoms with Gasteiger partial charge in [0, 0.05) is 5.56 Å². The Bertz CT molecular complexity index is 861. The molecule has 0 saturated carbocycles. The molecular formula is C21H26ClN3O2. The molecule has 0 saturated heterocycles. The van der Waals surface area contributed by atoms with Gasteiger partial charge in [-0.25, -0.2) is 5.01 Å². The lowest BCUT2D eigenvalue weighted by molar-refractivity contribution is -0.128. The molecule has 1 aliphatic rings. The van der Waals surface area contributed by atoms with Gasteiger partial charge in [0.2, 0.25) is 0 Å². The molecule has 3 N–H and O–H groups in total. The molecule has 0 unspecified atom stereocenters. The highest BCUT2D eigenvalue weighted by atomic mass is 35.5. The van der Waals surface area contributed by atoms with Gasteiger partial charge in [0.05, 0.1) is 17.6 Å². The van der Waals surface area contributed by atoms with Gasteiger partial charge in [-0.15, -0.1) is 12.4 Å². The number of carbonyl (C=O) groups excluding carboxylic acids is 2. The summed E-state index contributed by atoms with van der Waals surface area (Å²) in [7, 11) is 0. The van der Waals surface area contributed by atoms with Crippen molar-refractivity contribution in [2.75, 3.05) is 5.01 Å². The second kappa shape index (κ2) is 7.71. The fourth-order valence-corrected chi connectivity index (χ4v) is 3.15. The van der Waals surface area contributed by atoms with Crippen LogP contribution in [0, 0.1) is 5.41 Å². The summed E-state index contributed by atoms with van der Waals surface area (Å²) < 4.78 is 0. The summed E-state index contributed by atoms with van der Waals surface area (Å²) in [6.07, 6.45) is 0. The molecule has 0 aliphatic carbocycles. The molecule has 144 valence electrons. The lowest BCUT2D eigenvalue weighted by Crippen LogP contribution is -2.56. The summed E-state index contributed by atoms with van der Waals surface area (Å²) in [4.78, 5) is 25.8. The highest BCUT2D eigenvalue weighted by molar-refractivity contribution is 6.06. The normalized spacial score (nSPS) is 17.1. The van der Waals surface area contributed by atoms with Crippen LogP contribution in [0.1, 0.15) is 39.2 Å². The van der Waals surface area contributed by atoms with Crippen LogP contribution >= 0.6 is 12.4 Å². The topological polar surface area (TPSA) is 75.4 Å². The number of benzene rings is 2. The maximum absolute atomic E-state index is 13.1. The number of nitrogens with one attached hydrogen (secondary N) is 1. The van der Waals surface area contributed by atoms with Crippen LogP contribution in [0.3, 0.4) is 0 Å². The fraction of sp³-hybridized carbons (Fsp3) is 0.333. The second-order valence-electron chi connectivity index (χ2n) is 7.82. The number of carbonyl (C=O) groups is 2. The third-order valence-corrected chi connectivity index (χ3v) is 4.89. The van der Waals surface area contributed by atoms with E-state index in [1.807, 2.05) is 76.2 Å². The summed E-state index contributed by atoms with van der Waals surface area (Å²) >= 11 is 0. The minimum absolute atomic E-state index is 0. The smallest absolute Gasteiger partial charge is 0.256 e. The van der Waals surface area contributed by atoms with Gasteiger partial charge < -0.3 is 5.73 Å². The van der Waals surface area contributed by atoms with Crippen LogP contribution in [0.2, 0.25) is 0 Å². The first-order chi connectivity index (χ1) is 12.2. The van der Waals surface area contributed by atoms with Gasteiger partial charge in [-0.05, 0) is 29.5 Å². The zero-order valence-electron chi connectivity index (χ0n) is 16.0. The van der Waals surface area contributed by atoms with Gasteiger partial charge >= 0.3 is 0 Å². The summed E-state index contributed by atoms with van der Waals surface area (Å²) in [6, 6.07) is 14.7. The van der Waals surface area contributed by atoms with E-state index in [0.29, 0.717) is 5.69 Å². The van der Waals surface area contributed by atoms with E-state index in [9.17, 15) is 9.59 Å². The predicted octanol–water partition coefficient (Wildman–Crippen LogP) is 3.63. The molecule has 2 amide bonds. The van der Waals surface area contributed by atoms with Gasteiger partial charge in [0.1, 0.15) is 0 Å². The molecule has 0 fully saturated rings. The van der Waals surface area contributed by atoms with E-state index in [1.54, 1.807) is 0 Å². The largest absolute Gasteiger partial charge is 0.319 e. The van der Waals surface area contributed by atoms with Crippen molar-refractivity contribution >= 4 is 29.9 Å². The Kier molecular flexibility index (Phi) is 5.97. The van der Waals surface area contributed by atoms with Gasteiger partial charge in [-0.2, -0.15) is 0 Å². The number of amides is 2. The van der Waals surface area contributed by atoms with Crippen molar-refractivity contribution in [3.8, 4) is 11.1 Å². The van der Waals surface area contributed by atoms with Crippen LogP contribution in [0.5, 0.6) is 0 Å². The number of nitrogens with two attached hydrogens (primary N) is 1. The quantitative estimate of drug-likeness (QED) is 0.826. The van der Waals surface area contributed by atoms with Gasteiger partial charge in [-0.1, -0.05) is 63.2 Å². The number of hydrogen-bond acceptors (Lipinski definition) is 3. The Morgan fingerprint density at radius 2 is 1.63 bits per heavy atom. The highest BCUT2D eigenvalue weighted by Gasteiger charge is 2.35. The minimum Gasteiger partial charge on any atom is -0.319 e. The molecule has 2 aromatic carbocycles. The number of hydrazine groups is 1. The summed E-state index contributed by atoms with van der Waals surface area (Å²) in [6.45, 7) is 7.55. The lowest BCUT2D eigenvalue weighted by Gasteiger charge is -2.30. The Morgan fingerprint density at radius 3 is 2.26 bits per heavy atom. The first-order valence-electron chi connectivity index (χ1n) is 8.80. The molecule has 1 heterocycles. The van der Waals surface area contributed by atoms with E-state index in [-0.39, 0.29) is 30.1 Å². The van der Waals surface area contributed by atoms with E-state index >= 15 is 0 Å². The third kappa shape index (κ3) is 3.84. The second-order valence-corrected chi connectivity index (χ2v) is 7.82. The van der Waals surface area contributed by atoms with E-state index < -0.39 is 11.5 Å². The van der Waals surface area contributed by atoms with Crippen molar-refractivity contribution in [2.24, 2.45) is 11.1 Å². The van der Waals surface area contributed by atoms with Crippen molar-refractivity contribution in [1.82, 2.24) is 5.43 Å². The van der Waals surface area contributed by atoms with Crippen molar-refractivity contribution in [3.05, 3.63) is 54.1 Å². The summed E-state index contributed by atoms with van der Waals surface area (Å²) in [5.41, 5.74) is 11.9. The average Bonchev–Trinajstić information content (AvgIpc) is 2.70. The molecular weight excluding hydrogens is 362 g/mol. The van der Waals surface area contributed by atoms with Crippen LogP contribution in [-0.4, -0.2) is 17.9 Å². The van der Waals surface area contributed by atoms with Crippen LogP contribution in [-0.2, 0) is 9.59 Å². The number of halogens is 1. The molecule has 0 aromatic heterocycles. The first kappa shape index (κ1) is 20.9. The van der Waals surface area contributed by atoms with Gasteiger partial charge in [-0.3, -0.25) is 15.0 Å². The molecule has 2 aromatic rings. The molecule has 0 bridgehead atoms. The van der Waals surface area contributed by atoms with E-state index in [4.69, 9.17) is 5.73 Å². The van der Waals surface area contributed by atoms with E-state index in [2.05, 4.69) is 5.43 Å². The number of hydrogen-bond donors (Lipinski definition) is 2. The summed E-state index contributed by atoms with van der Waals surface area (Å²) in [5.74, 6) is -0.944. The Morgan fingerprint density at radius 1 is 1.07 bits per heavy atom. The van der Waals surface area contributed by atoms with Crippen LogP contribution < -0.4 is 16.2 Å². The van der Waals surface area contributed by atoms with Crippen molar-refractivity contribution < 1.29 is 9.59 Å². The lowest BCUT2D eigenvalue weighted by atomic mass is 9.87. The van der Waals surface area contributed by atoms with Crippen LogP contribution in [0.15, 0.2) is 48.5 Å². The Balaban J connectivity index is 0.00000261. The number of anilines is 1. The SMILES string of the molecule is C[C@H]1C(=O)N(NC(=O)[C@@H](N)C(C)(C)C)c2ccccc2-c2ccccc21.Cl. The van der Waals surface area contributed by atoms with Gasteiger partial charge in [0.15, 0.2) is 0 Å². The molecule has 3 rings (SSSR count). The zero-order valence-corrected chi connectivity index (χ0v) is 16.8. The Labute approximate surface area is 166 Å². The fourth-order valence-electron chi connectivity index (χ4n) is 3.15. The molecule has 6 heteroatoms. The first-order valence-corrected chi connectivity index (χ1v) is 8.80. The number of nitrogens with zero attached hydrogens (tertiary/aromatic N) is 1. The Hall–Kier alpha value is -2.37. The molecule has 0 spiro atoms. The number of para-hydroxylation sites is 1. The van der Waals surface area contributed by atoms with Crippen molar-refractivity contribution in [1.29, 1.82) is 0 Å². The maximum Gasteiger partial charge on any atom is 0.256 e. The average molecular weight is 388 g/mol. The molecule has 1 aliphatic heterocycles. The molecule has 2 atom stereocenters. The van der Waals surface area contributed by atoms with Crippen LogP contribution in [0.4, 0.5) is 5.69 Å². The number of fused-ring (bicyclic) bond motifs is 3. The van der Waals surface area contributed by atoms with E-state index in [0.717, 1.165) is 16.7 Å². The standard InChI is InChI=1S/C21H25N3O2.ClH/c1-13-14-9-5-6-10-15(14)16-11-7-8-12-17(16)24(20(13)26)23-19(25)18(22)21(2,3)4;/h5-13,18H,22H2,1-4H3,(H,23,25);1H/t13-,18-;/m1./s1. The summed E-state index contributed by atoms with van der Waals surface area (Å²) in [5, 5.41) is 1.36. The van der Waals surface area contributed by atoms with Crippen molar-refractivity contribution in [2.45, 2.75) is 39.7 Å².